The van der Waals surface area contributed by atoms with Crippen LogP contribution in [0.2, 0.25) is 0 Å². The molecule has 0 aliphatic heterocycles. The van der Waals surface area contributed by atoms with Gasteiger partial charge in [-0.25, -0.2) is 9.97 Å². The fourth-order valence-corrected chi connectivity index (χ4v) is 4.10. The molecule has 4 rings (SSSR count). The number of carbonyl (C=O) groups is 1. The highest BCUT2D eigenvalue weighted by atomic mass is 16.5. The maximum atomic E-state index is 13.0. The summed E-state index contributed by atoms with van der Waals surface area (Å²) in [6.07, 6.45) is 3.36. The highest BCUT2D eigenvalue weighted by Crippen LogP contribution is 2.35. The van der Waals surface area contributed by atoms with Gasteiger partial charge in [-0.05, 0) is 49.8 Å². The smallest absolute Gasteiger partial charge is 0.242 e. The van der Waals surface area contributed by atoms with Crippen LogP contribution < -0.4 is 15.8 Å². The maximum Gasteiger partial charge on any atom is 0.242 e. The van der Waals surface area contributed by atoms with Crippen molar-refractivity contribution in [2.45, 2.75) is 26.8 Å². The largest absolute Gasteiger partial charge is 0.457 e. The lowest BCUT2D eigenvalue weighted by Gasteiger charge is -2.19. The summed E-state index contributed by atoms with van der Waals surface area (Å²) in [6.45, 7) is 9.42. The molecule has 2 aromatic heterocycles. The maximum absolute atomic E-state index is 13.0. The quantitative estimate of drug-likeness (QED) is 0.353. The van der Waals surface area contributed by atoms with Gasteiger partial charge in [0.1, 0.15) is 35.3 Å². The first-order chi connectivity index (χ1) is 17.0. The molecule has 3 N–H and O–H groups in total. The summed E-state index contributed by atoms with van der Waals surface area (Å²) in [5.41, 5.74) is 8.70. The summed E-state index contributed by atoms with van der Waals surface area (Å²) in [5.74, 6) is 1.82. The van der Waals surface area contributed by atoms with Gasteiger partial charge in [0.15, 0.2) is 0 Å². The zero-order chi connectivity index (χ0) is 24.8. The van der Waals surface area contributed by atoms with Crippen molar-refractivity contribution in [3.8, 4) is 22.6 Å². The number of ether oxygens (including phenoxy) is 1. The number of nitrogens with one attached hydrogen (secondary N) is 1. The van der Waals surface area contributed by atoms with Gasteiger partial charge in [0.2, 0.25) is 5.91 Å². The van der Waals surface area contributed by atoms with Crippen molar-refractivity contribution in [2.24, 2.45) is 0 Å². The molecule has 2 heterocycles. The Balaban J connectivity index is 1.58. The van der Waals surface area contributed by atoms with E-state index in [-0.39, 0.29) is 5.91 Å². The lowest BCUT2D eigenvalue weighted by molar-refractivity contribution is -0.123. The molecule has 0 spiro atoms. The molecule has 0 aliphatic carbocycles. The van der Waals surface area contributed by atoms with Gasteiger partial charge in [-0.3, -0.25) is 4.79 Å². The minimum absolute atomic E-state index is 0.0654. The van der Waals surface area contributed by atoms with Crippen molar-refractivity contribution < 1.29 is 9.53 Å². The normalized spacial score (nSPS) is 12.1. The average molecular weight is 473 g/mol. The number of anilines is 1. The van der Waals surface area contributed by atoms with Gasteiger partial charge in [-0.1, -0.05) is 44.2 Å². The average Bonchev–Trinajstić information content (AvgIpc) is 3.28. The van der Waals surface area contributed by atoms with Crippen molar-refractivity contribution in [2.75, 3.05) is 31.9 Å². The highest BCUT2D eigenvalue weighted by molar-refractivity contribution is 6.01. The molecule has 8 nitrogen and oxygen atoms in total. The Kier molecular flexibility index (Phi) is 7.62. The molecule has 4 aromatic rings. The number of nitrogen functional groups attached to an aromatic ring is 1. The van der Waals surface area contributed by atoms with E-state index in [4.69, 9.17) is 10.5 Å². The molecule has 1 amide bonds. The molecule has 0 bridgehead atoms. The van der Waals surface area contributed by atoms with Crippen LogP contribution in [-0.4, -0.2) is 51.5 Å². The number of para-hydroxylation sites is 1. The third-order valence-corrected chi connectivity index (χ3v) is 6.20. The van der Waals surface area contributed by atoms with Crippen LogP contribution in [0.1, 0.15) is 26.8 Å². The van der Waals surface area contributed by atoms with E-state index in [9.17, 15) is 4.79 Å². The predicted molar refractivity (Wildman–Crippen MR) is 139 cm³/mol. The molecule has 0 saturated carbocycles. The van der Waals surface area contributed by atoms with Crippen molar-refractivity contribution in [1.29, 1.82) is 0 Å². The Hall–Kier alpha value is -3.91. The van der Waals surface area contributed by atoms with Crippen LogP contribution in [0.25, 0.3) is 22.2 Å². The Labute approximate surface area is 205 Å². The molecule has 1 unspecified atom stereocenters. The topological polar surface area (TPSA) is 98.3 Å². The van der Waals surface area contributed by atoms with Crippen LogP contribution in [0.15, 0.2) is 67.1 Å². The number of rotatable bonds is 10. The molecular weight excluding hydrogens is 440 g/mol. The fourth-order valence-electron chi connectivity index (χ4n) is 4.10. The van der Waals surface area contributed by atoms with Gasteiger partial charge in [0.05, 0.1) is 5.39 Å². The van der Waals surface area contributed by atoms with Gasteiger partial charge in [-0.2, -0.15) is 0 Å². The van der Waals surface area contributed by atoms with Crippen LogP contribution >= 0.6 is 0 Å². The highest BCUT2D eigenvalue weighted by Gasteiger charge is 2.22. The number of fused-ring (bicyclic) bond motifs is 1. The fraction of sp³-hybridized carbons (Fsp3) is 0.296. The van der Waals surface area contributed by atoms with Crippen LogP contribution in [0.5, 0.6) is 11.5 Å². The molecule has 1 atom stereocenters. The standard InChI is InChI=1S/C27H32N6O2/c1-4-32(5-2)16-15-29-27(34)19(3)33-17-23(24-25(28)30-18-31-26(24)33)20-11-13-22(14-12-20)35-21-9-7-6-8-10-21/h6-14,17-19H,4-5,15-16H2,1-3H3,(H,29,34)(H2,28,30,31). The van der Waals surface area contributed by atoms with E-state index in [0.29, 0.717) is 18.0 Å². The number of aromatic nitrogens is 3. The summed E-state index contributed by atoms with van der Waals surface area (Å²) in [4.78, 5) is 23.9. The minimum Gasteiger partial charge on any atom is -0.457 e. The molecule has 8 heteroatoms. The van der Waals surface area contributed by atoms with Crippen LogP contribution in [0.4, 0.5) is 5.82 Å². The number of hydrogen-bond acceptors (Lipinski definition) is 6. The number of carbonyl (C=O) groups excluding carboxylic acids is 1. The van der Waals surface area contributed by atoms with Gasteiger partial charge in [0, 0.05) is 24.8 Å². The van der Waals surface area contributed by atoms with E-state index < -0.39 is 6.04 Å². The number of benzene rings is 2. The minimum atomic E-state index is -0.460. The number of nitrogens with two attached hydrogens (primary N) is 1. The van der Waals surface area contributed by atoms with Crippen LogP contribution in [0, 0.1) is 0 Å². The SMILES string of the molecule is CCN(CC)CCNC(=O)C(C)n1cc(-c2ccc(Oc3ccccc3)cc2)c2c(N)ncnc21. The predicted octanol–water partition coefficient (Wildman–Crippen LogP) is 4.49. The zero-order valence-corrected chi connectivity index (χ0v) is 20.4. The third-order valence-electron chi connectivity index (χ3n) is 6.20. The number of amides is 1. The molecule has 0 aliphatic rings. The Morgan fingerprint density at radius 3 is 2.43 bits per heavy atom. The van der Waals surface area contributed by atoms with Crippen molar-refractivity contribution >= 4 is 22.8 Å². The van der Waals surface area contributed by atoms with Crippen LogP contribution in [0.3, 0.4) is 0 Å². The van der Waals surface area contributed by atoms with Crippen molar-refractivity contribution in [3.63, 3.8) is 0 Å². The molecule has 182 valence electrons. The third kappa shape index (κ3) is 5.44. The van der Waals surface area contributed by atoms with Crippen molar-refractivity contribution in [1.82, 2.24) is 24.8 Å². The summed E-state index contributed by atoms with van der Waals surface area (Å²) in [6, 6.07) is 16.9. The van der Waals surface area contributed by atoms with Gasteiger partial charge in [-0.15, -0.1) is 0 Å². The summed E-state index contributed by atoms with van der Waals surface area (Å²) in [7, 11) is 0. The second-order valence-electron chi connectivity index (χ2n) is 8.34. The van der Waals surface area contributed by atoms with E-state index in [0.717, 1.165) is 47.6 Å². The number of likely N-dealkylation sites (N-methyl/N-ethyl adjacent to an activating group) is 1. The Morgan fingerprint density at radius 2 is 1.74 bits per heavy atom. The monoisotopic (exact) mass is 472 g/mol. The first-order valence-corrected chi connectivity index (χ1v) is 12.0. The van der Waals surface area contributed by atoms with Crippen molar-refractivity contribution in [3.05, 3.63) is 67.1 Å². The molecule has 0 saturated heterocycles. The molecule has 2 aromatic carbocycles. The summed E-state index contributed by atoms with van der Waals surface area (Å²) in [5, 5.41) is 3.78. The number of hydrogen-bond donors (Lipinski definition) is 2. The first-order valence-electron chi connectivity index (χ1n) is 12.0. The molecular formula is C27H32N6O2. The summed E-state index contributed by atoms with van der Waals surface area (Å²) < 4.78 is 7.78. The molecule has 0 radical (unpaired) electrons. The van der Waals surface area contributed by atoms with Crippen LogP contribution in [-0.2, 0) is 4.79 Å². The molecule has 35 heavy (non-hydrogen) atoms. The van der Waals surface area contributed by atoms with E-state index in [1.165, 1.54) is 6.33 Å². The zero-order valence-electron chi connectivity index (χ0n) is 20.4. The second kappa shape index (κ2) is 11.0. The van der Waals surface area contributed by atoms with Gasteiger partial charge in [0.25, 0.3) is 0 Å². The number of nitrogens with zero attached hydrogens (tertiary/aromatic N) is 4. The van der Waals surface area contributed by atoms with E-state index >= 15 is 0 Å². The Bertz CT molecular complexity index is 1270. The van der Waals surface area contributed by atoms with Gasteiger partial charge >= 0.3 is 0 Å². The lowest BCUT2D eigenvalue weighted by atomic mass is 10.1. The Morgan fingerprint density at radius 1 is 1.06 bits per heavy atom. The summed E-state index contributed by atoms with van der Waals surface area (Å²) >= 11 is 0. The second-order valence-corrected chi connectivity index (χ2v) is 8.34. The van der Waals surface area contributed by atoms with E-state index in [1.807, 2.05) is 72.3 Å². The lowest BCUT2D eigenvalue weighted by Crippen LogP contribution is -2.37. The molecule has 0 fully saturated rings. The van der Waals surface area contributed by atoms with Gasteiger partial charge < -0.3 is 25.3 Å². The van der Waals surface area contributed by atoms with E-state index in [1.54, 1.807) is 0 Å². The first kappa shape index (κ1) is 24.2. The van der Waals surface area contributed by atoms with E-state index in [2.05, 4.69) is 34.0 Å².